The van der Waals surface area contributed by atoms with Crippen molar-refractivity contribution in [2.45, 2.75) is 101 Å². The minimum Gasteiger partial charge on any atom is -0.504 e. The predicted molar refractivity (Wildman–Crippen MR) is 129 cm³/mol. The van der Waals surface area contributed by atoms with Crippen molar-refractivity contribution in [1.82, 2.24) is 0 Å². The normalized spacial score (nSPS) is 45.5. The number of fused-ring (bicyclic) bond motifs is 2. The second kappa shape index (κ2) is 6.33. The van der Waals surface area contributed by atoms with E-state index in [1.54, 1.807) is 4.90 Å². The summed E-state index contributed by atoms with van der Waals surface area (Å²) in [4.78, 5) is 1.79. The van der Waals surface area contributed by atoms with Crippen molar-refractivity contribution in [3.8, 4) is 11.5 Å². The molecule has 2 aliphatic heterocycles. The van der Waals surface area contributed by atoms with Crippen molar-refractivity contribution in [2.24, 2.45) is 22.7 Å². The number of phenolic OH excluding ortho intramolecular Hbond substituents is 1. The zero-order chi connectivity index (χ0) is 23.9. The van der Waals surface area contributed by atoms with Gasteiger partial charge in [-0.25, -0.2) is 0 Å². The molecule has 1 aromatic rings. The molecule has 0 amide bonds. The highest BCUT2D eigenvalue weighted by Crippen LogP contribution is 2.76. The van der Waals surface area contributed by atoms with E-state index >= 15 is 0 Å². The number of likely N-dealkylation sites (tertiary alicyclic amines) is 1. The molecule has 2 spiro atoms. The average Bonchev–Trinajstić information content (AvgIpc) is 3.53. The van der Waals surface area contributed by atoms with E-state index < -0.39 is 11.2 Å². The Morgan fingerprint density at radius 2 is 1.91 bits per heavy atom. The molecule has 186 valence electrons. The number of piperidine rings is 1. The van der Waals surface area contributed by atoms with Gasteiger partial charge in [0.2, 0.25) is 0 Å². The van der Waals surface area contributed by atoms with Crippen molar-refractivity contribution in [3.05, 3.63) is 23.3 Å². The summed E-state index contributed by atoms with van der Waals surface area (Å²) in [5.74, 6) is 1.87. The Morgan fingerprint density at radius 1 is 1.15 bits per heavy atom. The van der Waals surface area contributed by atoms with Crippen LogP contribution in [0.1, 0.15) is 77.3 Å². The van der Waals surface area contributed by atoms with Crippen molar-refractivity contribution in [3.63, 3.8) is 0 Å². The van der Waals surface area contributed by atoms with Crippen LogP contribution in [-0.4, -0.2) is 53.8 Å². The minimum absolute atomic E-state index is 0.0161. The molecule has 8 rings (SSSR count). The summed E-state index contributed by atoms with van der Waals surface area (Å²) < 4.78 is 13.5. The topological polar surface area (TPSA) is 63.4 Å². The molecule has 5 fully saturated rings. The summed E-state index contributed by atoms with van der Waals surface area (Å²) >= 11 is 0. The van der Waals surface area contributed by atoms with Gasteiger partial charge < -0.3 is 24.6 Å². The summed E-state index contributed by atoms with van der Waals surface area (Å²) in [6.45, 7) is 11.0. The third-order valence-electron chi connectivity index (χ3n) is 12.1. The second-order valence-electron chi connectivity index (χ2n) is 13.9. The molecule has 2 heterocycles. The number of methoxy groups -OCH3 is 1. The Labute approximate surface area is 203 Å². The van der Waals surface area contributed by atoms with Crippen LogP contribution in [0, 0.1) is 22.7 Å². The van der Waals surface area contributed by atoms with Gasteiger partial charge in [0.25, 0.3) is 0 Å². The van der Waals surface area contributed by atoms with Gasteiger partial charge in [-0.05, 0) is 56.1 Å². The lowest BCUT2D eigenvalue weighted by molar-refractivity contribution is -0.945. The monoisotopic (exact) mass is 468 g/mol. The van der Waals surface area contributed by atoms with Crippen molar-refractivity contribution in [1.29, 1.82) is 0 Å². The molecule has 3 N–H and O–H groups in total. The van der Waals surface area contributed by atoms with Crippen LogP contribution in [0.25, 0.3) is 0 Å². The van der Waals surface area contributed by atoms with Crippen LogP contribution in [0.5, 0.6) is 11.5 Å². The molecule has 0 radical (unpaired) electrons. The Morgan fingerprint density at radius 3 is 2.59 bits per heavy atom. The Kier molecular flexibility index (Phi) is 4.08. The summed E-state index contributed by atoms with van der Waals surface area (Å²) in [5, 5.41) is 23.2. The first kappa shape index (κ1) is 21.9. The second-order valence-corrected chi connectivity index (χ2v) is 13.9. The summed E-state index contributed by atoms with van der Waals surface area (Å²) in [7, 11) is 1.83. The van der Waals surface area contributed by atoms with Crippen molar-refractivity contribution < 1.29 is 24.6 Å². The SMILES string of the molecule is CO[C@]12CC[C@@]3(C[C@@H]1C(C)(O)C(C)(C)C)[C@H]1Cc4ccc(O)c5c4[C@@]3(CC[NH+]1CC1CC1)[C@H]2O5. The van der Waals surface area contributed by atoms with Crippen LogP contribution in [0.4, 0.5) is 0 Å². The van der Waals surface area contributed by atoms with Gasteiger partial charge in [0.1, 0.15) is 11.7 Å². The molecule has 5 nitrogen and oxygen atoms in total. The smallest absolute Gasteiger partial charge is 0.165 e. The largest absolute Gasteiger partial charge is 0.504 e. The van der Waals surface area contributed by atoms with Gasteiger partial charge in [-0.3, -0.25) is 0 Å². The van der Waals surface area contributed by atoms with Gasteiger partial charge in [-0.2, -0.15) is 0 Å². The Balaban J connectivity index is 1.47. The maximum Gasteiger partial charge on any atom is 0.165 e. The molecule has 4 bridgehead atoms. The summed E-state index contributed by atoms with van der Waals surface area (Å²) in [5.41, 5.74) is 0.900. The van der Waals surface area contributed by atoms with E-state index in [9.17, 15) is 10.2 Å². The van der Waals surface area contributed by atoms with Crippen LogP contribution in [0.15, 0.2) is 12.1 Å². The van der Waals surface area contributed by atoms with Crippen LogP contribution in [-0.2, 0) is 16.6 Å². The maximum absolute atomic E-state index is 12.2. The zero-order valence-corrected chi connectivity index (χ0v) is 21.5. The first-order valence-corrected chi connectivity index (χ1v) is 13.7. The highest BCUT2D eigenvalue weighted by atomic mass is 16.6. The van der Waals surface area contributed by atoms with Gasteiger partial charge in [0.05, 0.1) is 30.1 Å². The molecule has 5 heteroatoms. The summed E-state index contributed by atoms with van der Waals surface area (Å²) in [6.07, 6.45) is 7.82. The molecular formula is C29H42NO4+. The number of nitrogens with one attached hydrogen (secondary N) is 1. The molecule has 0 aromatic heterocycles. The lowest BCUT2D eigenvalue weighted by Gasteiger charge is -2.74. The Hall–Kier alpha value is -1.30. The molecular weight excluding hydrogens is 426 g/mol. The number of phenols is 1. The van der Waals surface area contributed by atoms with E-state index in [4.69, 9.17) is 9.47 Å². The van der Waals surface area contributed by atoms with Crippen LogP contribution < -0.4 is 9.64 Å². The van der Waals surface area contributed by atoms with Gasteiger partial charge in [0, 0.05) is 42.8 Å². The number of hydrogen-bond donors (Lipinski definition) is 3. The van der Waals surface area contributed by atoms with Crippen LogP contribution in [0.2, 0.25) is 0 Å². The predicted octanol–water partition coefficient (Wildman–Crippen LogP) is 3.00. The lowest BCUT2D eigenvalue weighted by Crippen LogP contribution is -3.21. The number of ether oxygens (including phenoxy) is 2. The number of aliphatic hydroxyl groups is 1. The number of rotatable bonds is 4. The van der Waals surface area contributed by atoms with E-state index in [0.29, 0.717) is 6.04 Å². The molecule has 34 heavy (non-hydrogen) atoms. The van der Waals surface area contributed by atoms with E-state index in [-0.39, 0.29) is 34.0 Å². The molecule has 2 unspecified atom stereocenters. The minimum atomic E-state index is -0.899. The standard InChI is InChI=1S/C29H41NO4/c1-25(2,3)26(4,32)20-15-27-10-11-29(20,33-5)24-28(27)12-13-30(16-17-6-7-17)21(27)14-18-8-9-19(31)23(34-24)22(18)28/h8-9,17,20-21,24,31-32H,6-7,10-16H2,1-5H3/p+1/t20-,21-,24-,26?,27-,28+,29-/m1/s1. The van der Waals surface area contributed by atoms with E-state index in [0.717, 1.165) is 43.8 Å². The first-order chi connectivity index (χ1) is 16.0. The molecule has 8 atom stereocenters. The highest BCUT2D eigenvalue weighted by molar-refractivity contribution is 5.63. The molecule has 1 aromatic carbocycles. The highest BCUT2D eigenvalue weighted by Gasteiger charge is 2.83. The number of benzene rings is 1. The van der Waals surface area contributed by atoms with Gasteiger partial charge in [-0.15, -0.1) is 0 Å². The van der Waals surface area contributed by atoms with E-state index in [2.05, 4.69) is 26.8 Å². The van der Waals surface area contributed by atoms with Gasteiger partial charge in [0.15, 0.2) is 11.5 Å². The van der Waals surface area contributed by atoms with Crippen LogP contribution >= 0.6 is 0 Å². The summed E-state index contributed by atoms with van der Waals surface area (Å²) in [6, 6.07) is 4.57. The quantitative estimate of drug-likeness (QED) is 0.636. The lowest BCUT2D eigenvalue weighted by atomic mass is 9.33. The van der Waals surface area contributed by atoms with Crippen molar-refractivity contribution in [2.75, 3.05) is 20.2 Å². The zero-order valence-electron chi connectivity index (χ0n) is 21.5. The van der Waals surface area contributed by atoms with Gasteiger partial charge in [-0.1, -0.05) is 26.8 Å². The molecule has 4 saturated carbocycles. The third kappa shape index (κ3) is 2.25. The number of hydrogen-bond acceptors (Lipinski definition) is 4. The fraction of sp³-hybridized carbons (Fsp3) is 0.793. The Bertz CT molecular complexity index is 1060. The molecule has 7 aliphatic rings. The molecule has 1 saturated heterocycles. The van der Waals surface area contributed by atoms with Crippen molar-refractivity contribution >= 4 is 0 Å². The van der Waals surface area contributed by atoms with Gasteiger partial charge >= 0.3 is 0 Å². The fourth-order valence-electron chi connectivity index (χ4n) is 9.82. The fourth-order valence-corrected chi connectivity index (χ4v) is 9.82. The third-order valence-corrected chi connectivity index (χ3v) is 12.1. The molecule has 5 aliphatic carbocycles. The maximum atomic E-state index is 12.2. The first-order valence-electron chi connectivity index (χ1n) is 13.7. The van der Waals surface area contributed by atoms with Crippen LogP contribution in [0.3, 0.4) is 0 Å². The van der Waals surface area contributed by atoms with E-state index in [1.165, 1.54) is 37.1 Å². The number of aromatic hydroxyl groups is 1. The number of quaternary nitrogens is 1. The average molecular weight is 469 g/mol. The van der Waals surface area contributed by atoms with E-state index in [1.807, 2.05) is 20.1 Å².